The molecule has 0 aliphatic carbocycles. The summed E-state index contributed by atoms with van der Waals surface area (Å²) < 4.78 is 22.4. The lowest BCUT2D eigenvalue weighted by Crippen LogP contribution is -2.43. The van der Waals surface area contributed by atoms with Gasteiger partial charge in [-0.15, -0.1) is 0 Å². The Morgan fingerprint density at radius 3 is 2.27 bits per heavy atom. The number of anilines is 1. The first-order valence-corrected chi connectivity index (χ1v) is 6.75. The summed E-state index contributed by atoms with van der Waals surface area (Å²) in [5.41, 5.74) is 4.18. The molecular weight excluding hydrogens is 212 g/mol. The molecule has 1 fully saturated rings. The molecule has 0 saturated carbocycles. The molecule has 0 radical (unpaired) electrons. The summed E-state index contributed by atoms with van der Waals surface area (Å²) >= 11 is 0. The number of hydrogen-bond acceptors (Lipinski definition) is 4. The third-order valence-corrected chi connectivity index (χ3v) is 4.01. The Hall–Kier alpha value is -1.07. The van der Waals surface area contributed by atoms with Crippen molar-refractivity contribution in [3.05, 3.63) is 30.3 Å². The highest BCUT2D eigenvalue weighted by Gasteiger charge is 2.21. The number of benzene rings is 1. The summed E-state index contributed by atoms with van der Waals surface area (Å²) in [7, 11) is -2.79. The molecule has 15 heavy (non-hydrogen) atoms. The Labute approximate surface area is 89.8 Å². The quantitative estimate of drug-likeness (QED) is 0.808. The lowest BCUT2D eigenvalue weighted by Gasteiger charge is -2.27. The van der Waals surface area contributed by atoms with Crippen LogP contribution in [0.4, 0.5) is 5.69 Å². The van der Waals surface area contributed by atoms with E-state index in [1.165, 1.54) is 0 Å². The lowest BCUT2D eigenvalue weighted by molar-refractivity contribution is 0.355. The van der Waals surface area contributed by atoms with Gasteiger partial charge in [-0.3, -0.25) is 0 Å². The van der Waals surface area contributed by atoms with Gasteiger partial charge in [-0.05, 0) is 12.1 Å². The van der Waals surface area contributed by atoms with Crippen molar-refractivity contribution >= 4 is 15.5 Å². The maximum atomic E-state index is 11.2. The van der Waals surface area contributed by atoms with E-state index < -0.39 is 9.84 Å². The minimum atomic E-state index is -2.79. The molecule has 0 atom stereocenters. The lowest BCUT2D eigenvalue weighted by atomic mass is 10.3. The molecule has 0 unspecified atom stereocenters. The van der Waals surface area contributed by atoms with Crippen molar-refractivity contribution in [1.82, 2.24) is 5.01 Å². The second-order valence-corrected chi connectivity index (χ2v) is 5.92. The number of rotatable bonds is 2. The van der Waals surface area contributed by atoms with Crippen LogP contribution in [0.5, 0.6) is 0 Å². The number of sulfone groups is 1. The van der Waals surface area contributed by atoms with E-state index in [1.54, 1.807) is 0 Å². The van der Waals surface area contributed by atoms with E-state index in [0.29, 0.717) is 13.1 Å². The second-order valence-electron chi connectivity index (χ2n) is 3.62. The van der Waals surface area contributed by atoms with E-state index in [2.05, 4.69) is 5.43 Å². The molecule has 82 valence electrons. The molecule has 0 spiro atoms. The zero-order valence-corrected chi connectivity index (χ0v) is 9.20. The molecule has 1 aromatic rings. The summed E-state index contributed by atoms with van der Waals surface area (Å²) in [5.74, 6) is 0.486. The van der Waals surface area contributed by atoms with E-state index in [0.717, 1.165) is 5.69 Å². The topological polar surface area (TPSA) is 49.4 Å². The van der Waals surface area contributed by atoms with Gasteiger partial charge in [0, 0.05) is 18.8 Å². The second kappa shape index (κ2) is 4.20. The van der Waals surface area contributed by atoms with E-state index in [4.69, 9.17) is 0 Å². The van der Waals surface area contributed by atoms with Crippen molar-refractivity contribution in [2.45, 2.75) is 0 Å². The van der Waals surface area contributed by atoms with E-state index in [1.807, 2.05) is 35.3 Å². The highest BCUT2D eigenvalue weighted by Crippen LogP contribution is 2.09. The van der Waals surface area contributed by atoms with Crippen molar-refractivity contribution < 1.29 is 8.42 Å². The molecule has 1 aliphatic rings. The van der Waals surface area contributed by atoms with Crippen molar-refractivity contribution in [3.8, 4) is 0 Å². The summed E-state index contributed by atoms with van der Waals surface area (Å²) in [6.07, 6.45) is 0. The maximum Gasteiger partial charge on any atom is 0.152 e. The first kappa shape index (κ1) is 10.4. The smallest absolute Gasteiger partial charge is 0.152 e. The van der Waals surface area contributed by atoms with Crippen LogP contribution in [-0.4, -0.2) is 38.0 Å². The summed E-state index contributed by atoms with van der Waals surface area (Å²) in [5, 5.41) is 1.94. The van der Waals surface area contributed by atoms with Gasteiger partial charge in [0.25, 0.3) is 0 Å². The molecule has 4 nitrogen and oxygen atoms in total. The van der Waals surface area contributed by atoms with E-state index in [-0.39, 0.29) is 11.5 Å². The van der Waals surface area contributed by atoms with Crippen LogP contribution >= 0.6 is 0 Å². The van der Waals surface area contributed by atoms with Gasteiger partial charge >= 0.3 is 0 Å². The van der Waals surface area contributed by atoms with Crippen molar-refractivity contribution in [2.75, 3.05) is 30.0 Å². The summed E-state index contributed by atoms with van der Waals surface area (Å²) in [6.45, 7) is 1.11. The molecular formula is C10H14N2O2S. The van der Waals surface area contributed by atoms with Gasteiger partial charge in [0.1, 0.15) is 0 Å². The summed E-state index contributed by atoms with van der Waals surface area (Å²) in [6, 6.07) is 9.77. The molecule has 2 rings (SSSR count). The zero-order chi connectivity index (χ0) is 10.7. The van der Waals surface area contributed by atoms with E-state index in [9.17, 15) is 8.42 Å². The Morgan fingerprint density at radius 1 is 1.07 bits per heavy atom. The van der Waals surface area contributed by atoms with Crippen LogP contribution in [-0.2, 0) is 9.84 Å². The first-order valence-electron chi connectivity index (χ1n) is 4.93. The Balaban J connectivity index is 1.93. The Morgan fingerprint density at radius 2 is 1.67 bits per heavy atom. The zero-order valence-electron chi connectivity index (χ0n) is 8.39. The average Bonchev–Trinajstić information content (AvgIpc) is 2.23. The predicted molar refractivity (Wildman–Crippen MR) is 60.3 cm³/mol. The van der Waals surface area contributed by atoms with Crippen molar-refractivity contribution in [1.29, 1.82) is 0 Å². The normalized spacial score (nSPS) is 21.1. The molecule has 1 heterocycles. The van der Waals surface area contributed by atoms with Gasteiger partial charge < -0.3 is 5.43 Å². The first-order chi connectivity index (χ1) is 7.16. The van der Waals surface area contributed by atoms with Crippen LogP contribution < -0.4 is 5.43 Å². The highest BCUT2D eigenvalue weighted by molar-refractivity contribution is 7.91. The Bertz CT molecular complexity index is 402. The van der Waals surface area contributed by atoms with Crippen LogP contribution in [0.1, 0.15) is 0 Å². The molecule has 5 heteroatoms. The van der Waals surface area contributed by atoms with Crippen LogP contribution in [0.25, 0.3) is 0 Å². The van der Waals surface area contributed by atoms with E-state index >= 15 is 0 Å². The minimum Gasteiger partial charge on any atom is -0.319 e. The average molecular weight is 226 g/mol. The molecule has 0 aromatic heterocycles. The number of hydrogen-bond donors (Lipinski definition) is 1. The molecule has 0 amide bonds. The van der Waals surface area contributed by atoms with Gasteiger partial charge in [0.15, 0.2) is 9.84 Å². The SMILES string of the molecule is O=S1(=O)CCN(Nc2ccccc2)CC1. The fraction of sp³-hybridized carbons (Fsp3) is 0.400. The largest absolute Gasteiger partial charge is 0.319 e. The maximum absolute atomic E-state index is 11.2. The Kier molecular flexibility index (Phi) is 2.93. The van der Waals surface area contributed by atoms with Gasteiger partial charge in [0.05, 0.1) is 11.5 Å². The standard InChI is InChI=1S/C10H14N2O2S/c13-15(14)8-6-12(7-9-15)11-10-4-2-1-3-5-10/h1-5,11H,6-9H2. The van der Waals surface area contributed by atoms with Crippen LogP contribution in [0.2, 0.25) is 0 Å². The third kappa shape index (κ3) is 2.94. The number of nitrogens with zero attached hydrogens (tertiary/aromatic N) is 1. The minimum absolute atomic E-state index is 0.243. The molecule has 0 bridgehead atoms. The number of nitrogens with one attached hydrogen (secondary N) is 1. The van der Waals surface area contributed by atoms with Crippen LogP contribution in [0.3, 0.4) is 0 Å². The van der Waals surface area contributed by atoms with Gasteiger partial charge in [-0.1, -0.05) is 18.2 Å². The van der Waals surface area contributed by atoms with Gasteiger partial charge in [-0.2, -0.15) is 0 Å². The van der Waals surface area contributed by atoms with Crippen molar-refractivity contribution in [3.63, 3.8) is 0 Å². The molecule has 1 N–H and O–H groups in total. The third-order valence-electron chi connectivity index (χ3n) is 2.41. The van der Waals surface area contributed by atoms with Gasteiger partial charge in [-0.25, -0.2) is 13.4 Å². The fourth-order valence-electron chi connectivity index (χ4n) is 1.52. The number of para-hydroxylation sites is 1. The van der Waals surface area contributed by atoms with Crippen LogP contribution in [0, 0.1) is 0 Å². The number of hydrazine groups is 1. The monoisotopic (exact) mass is 226 g/mol. The van der Waals surface area contributed by atoms with Crippen molar-refractivity contribution in [2.24, 2.45) is 0 Å². The molecule has 1 aromatic carbocycles. The highest BCUT2D eigenvalue weighted by atomic mass is 32.2. The summed E-state index contributed by atoms with van der Waals surface area (Å²) in [4.78, 5) is 0. The fourth-order valence-corrected chi connectivity index (χ4v) is 2.72. The molecule has 1 aliphatic heterocycles. The van der Waals surface area contributed by atoms with Crippen LogP contribution in [0.15, 0.2) is 30.3 Å². The predicted octanol–water partition coefficient (Wildman–Crippen LogP) is 0.744. The molecule has 1 saturated heterocycles. The van der Waals surface area contributed by atoms with Gasteiger partial charge in [0.2, 0.25) is 0 Å².